The van der Waals surface area contributed by atoms with Crippen LogP contribution in [0.2, 0.25) is 0 Å². The number of rotatable bonds is 5. The Morgan fingerprint density at radius 2 is 0.947 bits per heavy atom. The van der Waals surface area contributed by atoms with Crippen LogP contribution in [0.15, 0.2) is 192 Å². The van der Waals surface area contributed by atoms with Crippen LogP contribution in [-0.4, -0.2) is 24.1 Å². The highest BCUT2D eigenvalue weighted by Gasteiger charge is 2.25. The van der Waals surface area contributed by atoms with Crippen LogP contribution in [0.25, 0.3) is 111 Å². The van der Waals surface area contributed by atoms with E-state index in [2.05, 4.69) is 130 Å². The summed E-state index contributed by atoms with van der Waals surface area (Å²) < 4.78 is 11.4. The minimum atomic E-state index is 0.532. The molecule has 0 saturated carbocycles. The molecule has 0 radical (unpaired) electrons. The van der Waals surface area contributed by atoms with Crippen molar-refractivity contribution in [3.63, 3.8) is 0 Å². The highest BCUT2D eigenvalue weighted by atomic mass is 16.3. The van der Waals surface area contributed by atoms with E-state index in [0.29, 0.717) is 17.6 Å². The largest absolute Gasteiger partial charge is 0.455 e. The summed E-state index contributed by atoms with van der Waals surface area (Å²) in [4.78, 5) is 15.6. The van der Waals surface area contributed by atoms with Crippen LogP contribution in [0.1, 0.15) is 0 Å². The van der Waals surface area contributed by atoms with E-state index in [1.165, 1.54) is 16.3 Å². The normalized spacial score (nSPS) is 11.9. The number of hydrogen-bond donors (Lipinski definition) is 0. The first-order valence-electron chi connectivity index (χ1n) is 19.1. The van der Waals surface area contributed by atoms with Crippen molar-refractivity contribution >= 4 is 65.6 Å². The van der Waals surface area contributed by atoms with Gasteiger partial charge in [-0.05, 0) is 48.0 Å². The molecule has 0 unspecified atom stereocenters. The minimum absolute atomic E-state index is 0.532. The highest BCUT2D eigenvalue weighted by Crippen LogP contribution is 2.46. The first-order chi connectivity index (χ1) is 28.3. The first-order valence-corrected chi connectivity index (χ1v) is 19.1. The Balaban J connectivity index is 1.24. The molecule has 4 aromatic heterocycles. The van der Waals surface area contributed by atoms with E-state index in [1.807, 2.05) is 66.7 Å². The van der Waals surface area contributed by atoms with Crippen molar-refractivity contribution in [2.24, 2.45) is 0 Å². The van der Waals surface area contributed by atoms with Crippen LogP contribution < -0.4 is 0 Å². The monoisotopic (exact) mass is 729 g/mol. The molecule has 0 saturated heterocycles. The molecule has 8 aromatic carbocycles. The Bertz CT molecular complexity index is 3450. The van der Waals surface area contributed by atoms with Crippen molar-refractivity contribution in [3.05, 3.63) is 188 Å². The molecule has 57 heavy (non-hydrogen) atoms. The number of furan rings is 1. The molecule has 12 aromatic rings. The lowest BCUT2D eigenvalue weighted by molar-refractivity contribution is 0.673. The Kier molecular flexibility index (Phi) is 6.83. The number of fused-ring (bicyclic) bond motifs is 10. The van der Waals surface area contributed by atoms with Crippen molar-refractivity contribution in [1.29, 1.82) is 0 Å². The van der Waals surface area contributed by atoms with Gasteiger partial charge in [-0.2, -0.15) is 9.97 Å². The van der Waals surface area contributed by atoms with Gasteiger partial charge in [0.15, 0.2) is 11.6 Å². The maximum Gasteiger partial charge on any atom is 0.238 e. The molecule has 0 bridgehead atoms. The third-order valence-corrected chi connectivity index (χ3v) is 11.2. The van der Waals surface area contributed by atoms with E-state index >= 15 is 0 Å². The second kappa shape index (κ2) is 12.3. The van der Waals surface area contributed by atoms with Gasteiger partial charge < -0.3 is 8.98 Å². The Morgan fingerprint density at radius 3 is 1.65 bits per heavy atom. The van der Waals surface area contributed by atoms with E-state index in [4.69, 9.17) is 19.4 Å². The summed E-state index contributed by atoms with van der Waals surface area (Å²) in [6, 6.07) is 65.5. The van der Waals surface area contributed by atoms with E-state index in [0.717, 1.165) is 77.2 Å². The molecule has 0 amide bonds. The van der Waals surface area contributed by atoms with Crippen LogP contribution in [0.5, 0.6) is 0 Å². The van der Waals surface area contributed by atoms with Crippen molar-refractivity contribution < 1.29 is 4.42 Å². The summed E-state index contributed by atoms with van der Waals surface area (Å²) in [5.41, 5.74) is 11.0. The molecule has 0 spiro atoms. The average molecular weight is 730 g/mol. The van der Waals surface area contributed by atoms with Gasteiger partial charge in [0, 0.05) is 49.3 Å². The van der Waals surface area contributed by atoms with Gasteiger partial charge in [-0.1, -0.05) is 146 Å². The lowest BCUT2D eigenvalue weighted by atomic mass is 9.97. The molecule has 0 atom stereocenters. The maximum absolute atomic E-state index is 6.82. The van der Waals surface area contributed by atoms with Gasteiger partial charge in [0.2, 0.25) is 5.95 Å². The van der Waals surface area contributed by atoms with E-state index in [1.54, 1.807) is 0 Å². The molecule has 0 aliphatic carbocycles. The SMILES string of the molecule is c1ccc(-c2nc(-c3ccccc3)nc(-n3c4ccccc4c4c5oc6ccccc6c5cc(-c5ccc6c7ccccc7n(-c7ccccc7)c6c5)c43)n2)cc1. The Morgan fingerprint density at radius 1 is 0.386 bits per heavy atom. The summed E-state index contributed by atoms with van der Waals surface area (Å²) in [7, 11) is 0. The molecule has 0 fully saturated rings. The van der Waals surface area contributed by atoms with Crippen molar-refractivity contribution in [2.75, 3.05) is 0 Å². The van der Waals surface area contributed by atoms with E-state index in [9.17, 15) is 0 Å². The summed E-state index contributed by atoms with van der Waals surface area (Å²) >= 11 is 0. The molecule has 0 aliphatic heterocycles. The van der Waals surface area contributed by atoms with Crippen molar-refractivity contribution in [2.45, 2.75) is 0 Å². The molecule has 0 N–H and O–H groups in total. The smallest absolute Gasteiger partial charge is 0.238 e. The van der Waals surface area contributed by atoms with Crippen LogP contribution in [0, 0.1) is 0 Å². The van der Waals surface area contributed by atoms with Gasteiger partial charge in [0.1, 0.15) is 11.2 Å². The predicted octanol–water partition coefficient (Wildman–Crippen LogP) is 13.0. The lowest BCUT2D eigenvalue weighted by Gasteiger charge is -2.14. The number of hydrogen-bond acceptors (Lipinski definition) is 4. The molecule has 6 heteroatoms. The van der Waals surface area contributed by atoms with Gasteiger partial charge in [0.25, 0.3) is 0 Å². The first kappa shape index (κ1) is 31.5. The van der Waals surface area contributed by atoms with Crippen LogP contribution in [-0.2, 0) is 0 Å². The number of nitrogens with zero attached hydrogens (tertiary/aromatic N) is 5. The highest BCUT2D eigenvalue weighted by molar-refractivity contribution is 6.27. The third kappa shape index (κ3) is 4.81. The quantitative estimate of drug-likeness (QED) is 0.177. The standard InChI is InChI=1S/C51H31N5O/c1-4-16-32(17-5-1)49-52-50(33-18-6-2-7-19-33)54-51(53-49)56-43-26-14-11-24-39(43)46-47(56)40(31-41-38-23-12-15-27-45(38)57-48(41)46)34-28-29-37-36-22-10-13-25-42(36)55(44(37)30-34)35-20-8-3-9-21-35/h1-31H. The second-order valence-corrected chi connectivity index (χ2v) is 14.4. The van der Waals surface area contributed by atoms with Gasteiger partial charge >= 0.3 is 0 Å². The van der Waals surface area contributed by atoms with Crippen molar-refractivity contribution in [3.8, 4) is 45.5 Å². The van der Waals surface area contributed by atoms with E-state index in [-0.39, 0.29) is 0 Å². The molecule has 12 rings (SSSR count). The van der Waals surface area contributed by atoms with Gasteiger partial charge in [-0.3, -0.25) is 4.57 Å². The number of para-hydroxylation sites is 4. The fourth-order valence-corrected chi connectivity index (χ4v) is 8.65. The zero-order chi connectivity index (χ0) is 37.5. The number of aromatic nitrogens is 5. The van der Waals surface area contributed by atoms with Gasteiger partial charge in [-0.15, -0.1) is 0 Å². The molecule has 266 valence electrons. The Hall–Kier alpha value is -7.83. The molecular weight excluding hydrogens is 699 g/mol. The summed E-state index contributed by atoms with van der Waals surface area (Å²) in [5.74, 6) is 1.74. The molecule has 6 nitrogen and oxygen atoms in total. The fraction of sp³-hybridized carbons (Fsp3) is 0. The fourth-order valence-electron chi connectivity index (χ4n) is 8.65. The second-order valence-electron chi connectivity index (χ2n) is 14.4. The summed E-state index contributed by atoms with van der Waals surface area (Å²) in [5, 5.41) is 6.62. The molecular formula is C51H31N5O. The van der Waals surface area contributed by atoms with Crippen molar-refractivity contribution in [1.82, 2.24) is 24.1 Å². The van der Waals surface area contributed by atoms with Crippen LogP contribution in [0.4, 0.5) is 0 Å². The summed E-state index contributed by atoms with van der Waals surface area (Å²) in [6.45, 7) is 0. The van der Waals surface area contributed by atoms with E-state index < -0.39 is 0 Å². The van der Waals surface area contributed by atoms with Crippen LogP contribution >= 0.6 is 0 Å². The zero-order valence-corrected chi connectivity index (χ0v) is 30.5. The topological polar surface area (TPSA) is 61.7 Å². The summed E-state index contributed by atoms with van der Waals surface area (Å²) in [6.07, 6.45) is 0. The predicted molar refractivity (Wildman–Crippen MR) is 232 cm³/mol. The van der Waals surface area contributed by atoms with Crippen LogP contribution in [0.3, 0.4) is 0 Å². The minimum Gasteiger partial charge on any atom is -0.455 e. The van der Waals surface area contributed by atoms with Gasteiger partial charge in [-0.25, -0.2) is 4.98 Å². The Labute approximate surface area is 326 Å². The molecule has 0 aliphatic rings. The molecule has 4 heterocycles. The lowest BCUT2D eigenvalue weighted by Crippen LogP contribution is -2.07. The zero-order valence-electron chi connectivity index (χ0n) is 30.5. The van der Waals surface area contributed by atoms with Gasteiger partial charge in [0.05, 0.1) is 27.5 Å². The third-order valence-electron chi connectivity index (χ3n) is 11.2. The maximum atomic E-state index is 6.82. The average Bonchev–Trinajstić information content (AvgIpc) is 3.94. The number of benzene rings is 8.